The van der Waals surface area contributed by atoms with Crippen LogP contribution in [0.1, 0.15) is 25.5 Å². The predicted octanol–water partition coefficient (Wildman–Crippen LogP) is 2.38. The Balaban J connectivity index is 2.28. The summed E-state index contributed by atoms with van der Waals surface area (Å²) in [6.45, 7) is 5.69. The van der Waals surface area contributed by atoms with E-state index in [2.05, 4.69) is 10.2 Å². The molecule has 0 saturated carbocycles. The van der Waals surface area contributed by atoms with Crippen molar-refractivity contribution >= 4 is 17.5 Å². The fraction of sp³-hybridized carbons (Fsp3) is 0.533. The molecule has 0 aromatic heterocycles. The number of carbonyl (C=O) groups is 1. The van der Waals surface area contributed by atoms with Crippen LogP contribution >= 0.6 is 11.6 Å². The highest BCUT2D eigenvalue weighted by Gasteiger charge is 2.29. The fourth-order valence-electron chi connectivity index (χ4n) is 2.61. The van der Waals surface area contributed by atoms with E-state index in [1.54, 1.807) is 12.1 Å². The number of hydrogen-bond donors (Lipinski definition) is 1. The second-order valence-corrected chi connectivity index (χ2v) is 5.67. The summed E-state index contributed by atoms with van der Waals surface area (Å²) in [5.74, 6) is -0.495. The molecule has 116 valence electrons. The lowest BCUT2D eigenvalue weighted by Crippen LogP contribution is -2.46. The first kappa shape index (κ1) is 16.2. The third-order valence-electron chi connectivity index (χ3n) is 3.59. The Bertz CT molecular complexity index is 492. The summed E-state index contributed by atoms with van der Waals surface area (Å²) in [6.07, 6.45) is 0.0733. The van der Waals surface area contributed by atoms with Gasteiger partial charge in [-0.25, -0.2) is 4.39 Å². The van der Waals surface area contributed by atoms with Gasteiger partial charge in [-0.3, -0.25) is 9.69 Å². The van der Waals surface area contributed by atoms with Gasteiger partial charge in [0.1, 0.15) is 5.82 Å². The Morgan fingerprint density at radius 2 is 2.38 bits per heavy atom. The summed E-state index contributed by atoms with van der Waals surface area (Å²) < 4.78 is 19.7. The Labute approximate surface area is 129 Å². The molecule has 6 heteroatoms. The predicted molar refractivity (Wildman–Crippen MR) is 79.8 cm³/mol. The first-order valence-corrected chi connectivity index (χ1v) is 7.41. The van der Waals surface area contributed by atoms with E-state index in [1.807, 2.05) is 6.92 Å². The van der Waals surface area contributed by atoms with Crippen LogP contribution in [-0.4, -0.2) is 43.2 Å². The maximum Gasteiger partial charge on any atom is 0.216 e. The molecular formula is C15H20ClFN2O2. The van der Waals surface area contributed by atoms with E-state index < -0.39 is 0 Å². The third-order valence-corrected chi connectivity index (χ3v) is 3.92. The van der Waals surface area contributed by atoms with Crippen LogP contribution in [-0.2, 0) is 9.53 Å². The quantitative estimate of drug-likeness (QED) is 0.928. The SMILES string of the molecule is CC(=O)NC[C@@H](c1c(F)cccc1Cl)N1CCO[C@@H](C)C1. The monoisotopic (exact) mass is 314 g/mol. The molecule has 1 aliphatic rings. The van der Waals surface area contributed by atoms with Crippen molar-refractivity contribution < 1.29 is 13.9 Å². The normalized spacial score (nSPS) is 21.0. The van der Waals surface area contributed by atoms with E-state index in [4.69, 9.17) is 16.3 Å². The molecule has 2 rings (SSSR count). The lowest BCUT2D eigenvalue weighted by molar-refractivity contribution is -0.119. The molecule has 1 aromatic carbocycles. The molecule has 0 bridgehead atoms. The smallest absolute Gasteiger partial charge is 0.216 e. The number of halogens is 2. The zero-order valence-corrected chi connectivity index (χ0v) is 13.0. The van der Waals surface area contributed by atoms with Crippen LogP contribution in [0.2, 0.25) is 5.02 Å². The lowest BCUT2D eigenvalue weighted by Gasteiger charge is -2.38. The van der Waals surface area contributed by atoms with Gasteiger partial charge in [0.2, 0.25) is 5.91 Å². The Hall–Kier alpha value is -1.17. The fourth-order valence-corrected chi connectivity index (χ4v) is 2.90. The van der Waals surface area contributed by atoms with Crippen molar-refractivity contribution in [1.82, 2.24) is 10.2 Å². The average molecular weight is 315 g/mol. The van der Waals surface area contributed by atoms with Crippen LogP contribution in [0.3, 0.4) is 0 Å². The van der Waals surface area contributed by atoms with Gasteiger partial charge in [-0.2, -0.15) is 0 Å². The molecular weight excluding hydrogens is 295 g/mol. The van der Waals surface area contributed by atoms with Crippen molar-refractivity contribution in [2.24, 2.45) is 0 Å². The van der Waals surface area contributed by atoms with Gasteiger partial charge in [-0.05, 0) is 19.1 Å². The summed E-state index contributed by atoms with van der Waals surface area (Å²) in [6, 6.07) is 4.35. The van der Waals surface area contributed by atoms with Crippen LogP contribution in [0.5, 0.6) is 0 Å². The number of morpholine rings is 1. The van der Waals surface area contributed by atoms with E-state index in [-0.39, 0.29) is 23.9 Å². The van der Waals surface area contributed by atoms with Crippen LogP contribution in [0.4, 0.5) is 4.39 Å². The van der Waals surface area contributed by atoms with Crippen LogP contribution in [0.25, 0.3) is 0 Å². The highest BCUT2D eigenvalue weighted by Crippen LogP contribution is 2.30. The first-order valence-electron chi connectivity index (χ1n) is 7.03. The molecule has 1 heterocycles. The number of carbonyl (C=O) groups excluding carboxylic acids is 1. The third kappa shape index (κ3) is 4.15. The summed E-state index contributed by atoms with van der Waals surface area (Å²) in [4.78, 5) is 13.3. The molecule has 1 aliphatic heterocycles. The van der Waals surface area contributed by atoms with Gasteiger partial charge in [-0.15, -0.1) is 0 Å². The van der Waals surface area contributed by atoms with Gasteiger partial charge in [0.15, 0.2) is 0 Å². The minimum absolute atomic E-state index is 0.0733. The molecule has 2 atom stereocenters. The second kappa shape index (κ2) is 7.20. The number of ether oxygens (including phenoxy) is 1. The summed E-state index contributed by atoms with van der Waals surface area (Å²) in [5.41, 5.74) is 0.432. The van der Waals surface area contributed by atoms with Crippen molar-refractivity contribution in [2.45, 2.75) is 26.0 Å². The van der Waals surface area contributed by atoms with Crippen molar-refractivity contribution in [3.05, 3.63) is 34.6 Å². The van der Waals surface area contributed by atoms with Crippen molar-refractivity contribution in [3.8, 4) is 0 Å². The van der Waals surface area contributed by atoms with E-state index in [1.165, 1.54) is 13.0 Å². The zero-order valence-electron chi connectivity index (χ0n) is 12.2. The van der Waals surface area contributed by atoms with E-state index in [9.17, 15) is 9.18 Å². The topological polar surface area (TPSA) is 41.6 Å². The largest absolute Gasteiger partial charge is 0.376 e. The molecule has 0 radical (unpaired) electrons. The van der Waals surface area contributed by atoms with Gasteiger partial charge in [-0.1, -0.05) is 17.7 Å². The lowest BCUT2D eigenvalue weighted by atomic mass is 10.0. The first-order chi connectivity index (χ1) is 9.99. The van der Waals surface area contributed by atoms with Gasteiger partial charge in [0.05, 0.1) is 18.8 Å². The van der Waals surface area contributed by atoms with Gasteiger partial charge >= 0.3 is 0 Å². The number of nitrogens with zero attached hydrogens (tertiary/aromatic N) is 1. The van der Waals surface area contributed by atoms with E-state index >= 15 is 0 Å². The highest BCUT2D eigenvalue weighted by molar-refractivity contribution is 6.31. The second-order valence-electron chi connectivity index (χ2n) is 5.26. The van der Waals surface area contributed by atoms with Crippen LogP contribution in [0.15, 0.2) is 18.2 Å². The molecule has 21 heavy (non-hydrogen) atoms. The molecule has 0 aliphatic carbocycles. The number of hydrogen-bond acceptors (Lipinski definition) is 3. The number of nitrogens with one attached hydrogen (secondary N) is 1. The molecule has 1 saturated heterocycles. The zero-order chi connectivity index (χ0) is 15.4. The van der Waals surface area contributed by atoms with Gasteiger partial charge < -0.3 is 10.1 Å². The Kier molecular flexibility index (Phi) is 5.56. The van der Waals surface area contributed by atoms with Crippen molar-refractivity contribution in [3.63, 3.8) is 0 Å². The minimum Gasteiger partial charge on any atom is -0.376 e. The molecule has 1 fully saturated rings. The average Bonchev–Trinajstić information content (AvgIpc) is 2.41. The number of amides is 1. The van der Waals surface area contributed by atoms with Crippen LogP contribution in [0, 0.1) is 5.82 Å². The Morgan fingerprint density at radius 3 is 3.00 bits per heavy atom. The molecule has 4 nitrogen and oxygen atoms in total. The Morgan fingerprint density at radius 1 is 1.62 bits per heavy atom. The summed E-state index contributed by atoms with van der Waals surface area (Å²) in [5, 5.41) is 3.14. The molecule has 1 amide bonds. The van der Waals surface area contributed by atoms with Gasteiger partial charge in [0, 0.05) is 37.1 Å². The van der Waals surface area contributed by atoms with Crippen LogP contribution < -0.4 is 5.32 Å². The van der Waals surface area contributed by atoms with Crippen molar-refractivity contribution in [2.75, 3.05) is 26.2 Å². The maximum atomic E-state index is 14.2. The molecule has 1 aromatic rings. The summed E-state index contributed by atoms with van der Waals surface area (Å²) >= 11 is 6.18. The maximum absolute atomic E-state index is 14.2. The molecule has 1 N–H and O–H groups in total. The molecule has 0 unspecified atom stereocenters. The number of rotatable bonds is 4. The summed E-state index contributed by atoms with van der Waals surface area (Å²) in [7, 11) is 0. The molecule has 0 spiro atoms. The van der Waals surface area contributed by atoms with E-state index in [0.29, 0.717) is 36.8 Å². The standard InChI is InChI=1S/C15H20ClFN2O2/c1-10-9-19(6-7-21-10)14(8-18-11(2)20)15-12(16)4-3-5-13(15)17/h3-5,10,14H,6-9H2,1-2H3,(H,18,20)/t10-,14-/m0/s1. The number of benzene rings is 1. The van der Waals surface area contributed by atoms with Crippen molar-refractivity contribution in [1.29, 1.82) is 0 Å². The van der Waals surface area contributed by atoms with E-state index in [0.717, 1.165) is 0 Å². The van der Waals surface area contributed by atoms with Gasteiger partial charge in [0.25, 0.3) is 0 Å². The highest BCUT2D eigenvalue weighted by atomic mass is 35.5. The minimum atomic E-state index is -0.350.